The Balaban J connectivity index is 1.74. The van der Waals surface area contributed by atoms with E-state index >= 15 is 0 Å². The molecule has 0 saturated carbocycles. The summed E-state index contributed by atoms with van der Waals surface area (Å²) in [6.45, 7) is 1.73. The average Bonchev–Trinajstić information content (AvgIpc) is 3.47. The monoisotopic (exact) mass is 597 g/mol. The molecular weight excluding hydrogens is 578 g/mol. The molecule has 3 heterocycles. The molecule has 7 nitrogen and oxygen atoms in total. The quantitative estimate of drug-likeness (QED) is 0.314. The molecule has 10 heteroatoms. The van der Waals surface area contributed by atoms with E-state index < -0.39 is 12.0 Å². The third kappa shape index (κ3) is 4.58. The van der Waals surface area contributed by atoms with Crippen molar-refractivity contribution in [2.75, 3.05) is 14.2 Å². The fourth-order valence-electron chi connectivity index (χ4n) is 4.39. The number of ether oxygens (including phenoxy) is 2. The van der Waals surface area contributed by atoms with Crippen molar-refractivity contribution in [2.24, 2.45) is 4.99 Å². The van der Waals surface area contributed by atoms with E-state index in [0.717, 1.165) is 15.9 Å². The molecule has 0 N–H and O–H groups in total. The number of hydrogen-bond donors (Lipinski definition) is 0. The molecule has 5 rings (SSSR count). The van der Waals surface area contributed by atoms with Crippen LogP contribution in [-0.2, 0) is 9.53 Å². The standard InChI is InChI=1S/C27H21BrClN3O4S/c1-15-23(26(34)36-3)24(20-13-17(29)8-11-21(20)35-2)32-25(33)22(37-27(32)30-15)14-19-5-4-12-31(19)18-9-6-16(28)7-10-18/h4-14,24H,1-3H3/b22-14-/t24-/m1/s1. The van der Waals surface area contributed by atoms with E-state index in [4.69, 9.17) is 21.1 Å². The molecule has 0 amide bonds. The smallest absolute Gasteiger partial charge is 0.338 e. The molecule has 2 aromatic carbocycles. The van der Waals surface area contributed by atoms with Crippen molar-refractivity contribution in [3.05, 3.63) is 113 Å². The molecule has 4 aromatic rings. The van der Waals surface area contributed by atoms with Gasteiger partial charge in [0, 0.05) is 32.6 Å². The fraction of sp³-hybridized carbons (Fsp3) is 0.148. The van der Waals surface area contributed by atoms with E-state index in [9.17, 15) is 9.59 Å². The molecule has 0 saturated heterocycles. The summed E-state index contributed by atoms with van der Waals surface area (Å²) in [5.74, 6) is -0.0872. The van der Waals surface area contributed by atoms with Crippen molar-refractivity contribution in [1.82, 2.24) is 9.13 Å². The second kappa shape index (κ2) is 10.2. The zero-order chi connectivity index (χ0) is 26.3. The van der Waals surface area contributed by atoms with Crippen LogP contribution in [0.5, 0.6) is 5.75 Å². The van der Waals surface area contributed by atoms with Crippen LogP contribution in [0.2, 0.25) is 5.02 Å². The van der Waals surface area contributed by atoms with Crippen molar-refractivity contribution in [3.63, 3.8) is 0 Å². The summed E-state index contributed by atoms with van der Waals surface area (Å²) in [6.07, 6.45) is 3.76. The third-order valence-electron chi connectivity index (χ3n) is 6.08. The summed E-state index contributed by atoms with van der Waals surface area (Å²) in [5.41, 5.74) is 2.78. The Hall–Kier alpha value is -3.40. The van der Waals surface area contributed by atoms with Gasteiger partial charge in [-0.3, -0.25) is 9.36 Å². The Bertz CT molecular complexity index is 1730. The van der Waals surface area contributed by atoms with E-state index in [-0.39, 0.29) is 11.1 Å². The average molecular weight is 599 g/mol. The van der Waals surface area contributed by atoms with Crippen LogP contribution in [0.3, 0.4) is 0 Å². The van der Waals surface area contributed by atoms with Gasteiger partial charge >= 0.3 is 5.97 Å². The number of methoxy groups -OCH3 is 2. The van der Waals surface area contributed by atoms with E-state index in [2.05, 4.69) is 20.9 Å². The van der Waals surface area contributed by atoms with Gasteiger partial charge < -0.3 is 14.0 Å². The SMILES string of the molecule is COC(=O)C1=C(C)N=c2s/c(=C\c3cccn3-c3ccc(Br)cc3)c(=O)n2[C@@H]1c1cc(Cl)ccc1OC. The molecule has 0 radical (unpaired) electrons. The van der Waals surface area contributed by atoms with Crippen LogP contribution >= 0.6 is 38.9 Å². The lowest BCUT2D eigenvalue weighted by atomic mass is 9.95. The Kier molecular flexibility index (Phi) is 6.94. The van der Waals surface area contributed by atoms with Gasteiger partial charge in [-0.05, 0) is 67.6 Å². The van der Waals surface area contributed by atoms with E-state index in [1.54, 1.807) is 25.1 Å². The molecule has 1 aliphatic heterocycles. The van der Waals surface area contributed by atoms with Crippen molar-refractivity contribution in [3.8, 4) is 11.4 Å². The van der Waals surface area contributed by atoms with Gasteiger partial charge in [-0.2, -0.15) is 0 Å². The lowest BCUT2D eigenvalue weighted by molar-refractivity contribution is -0.136. The van der Waals surface area contributed by atoms with Gasteiger partial charge in [0.1, 0.15) is 11.8 Å². The van der Waals surface area contributed by atoms with Crippen LogP contribution in [0.4, 0.5) is 0 Å². The first-order valence-electron chi connectivity index (χ1n) is 11.2. The maximum absolute atomic E-state index is 13.9. The minimum Gasteiger partial charge on any atom is -0.496 e. The highest BCUT2D eigenvalue weighted by atomic mass is 79.9. The van der Waals surface area contributed by atoms with Gasteiger partial charge in [0.05, 0.1) is 30.0 Å². The normalized spacial score (nSPS) is 15.4. The molecule has 0 aliphatic carbocycles. The third-order valence-corrected chi connectivity index (χ3v) is 7.82. The van der Waals surface area contributed by atoms with E-state index in [1.807, 2.05) is 53.2 Å². The maximum Gasteiger partial charge on any atom is 0.338 e. The molecule has 1 atom stereocenters. The highest BCUT2D eigenvalue weighted by Crippen LogP contribution is 2.37. The number of benzene rings is 2. The van der Waals surface area contributed by atoms with Crippen molar-refractivity contribution in [2.45, 2.75) is 13.0 Å². The molecule has 0 unspecified atom stereocenters. The first kappa shape index (κ1) is 25.3. The highest BCUT2D eigenvalue weighted by molar-refractivity contribution is 9.10. The summed E-state index contributed by atoms with van der Waals surface area (Å²) in [6, 6.07) is 16.0. The number of thiazole rings is 1. The molecule has 0 bridgehead atoms. The molecule has 37 heavy (non-hydrogen) atoms. The molecular formula is C27H21BrClN3O4S. The lowest BCUT2D eigenvalue weighted by Gasteiger charge is -2.25. The minimum absolute atomic E-state index is 0.250. The molecule has 188 valence electrons. The van der Waals surface area contributed by atoms with Gasteiger partial charge in [0.15, 0.2) is 4.80 Å². The van der Waals surface area contributed by atoms with Crippen LogP contribution in [0, 0.1) is 0 Å². The lowest BCUT2D eigenvalue weighted by Crippen LogP contribution is -2.40. The predicted molar refractivity (Wildman–Crippen MR) is 147 cm³/mol. The number of carbonyl (C=O) groups excluding carboxylic acids is 1. The number of hydrogen-bond acceptors (Lipinski definition) is 6. The molecule has 1 aliphatic rings. The van der Waals surface area contributed by atoms with Crippen LogP contribution in [-0.4, -0.2) is 29.3 Å². The van der Waals surface area contributed by atoms with E-state index in [0.29, 0.717) is 31.4 Å². The van der Waals surface area contributed by atoms with Gasteiger partial charge in [0.2, 0.25) is 0 Å². The van der Waals surface area contributed by atoms with Crippen LogP contribution in [0.15, 0.2) is 86.3 Å². The Morgan fingerprint density at radius 3 is 2.62 bits per heavy atom. The Morgan fingerprint density at radius 1 is 1.16 bits per heavy atom. The summed E-state index contributed by atoms with van der Waals surface area (Å²) in [5, 5.41) is 0.448. The van der Waals surface area contributed by atoms with Gasteiger partial charge in [-0.1, -0.05) is 38.9 Å². The predicted octanol–water partition coefficient (Wildman–Crippen LogP) is 4.62. The summed E-state index contributed by atoms with van der Waals surface area (Å²) in [4.78, 5) is 31.9. The summed E-state index contributed by atoms with van der Waals surface area (Å²) in [7, 11) is 2.83. The van der Waals surface area contributed by atoms with Gasteiger partial charge in [-0.15, -0.1) is 0 Å². The van der Waals surface area contributed by atoms with Crippen LogP contribution in [0.1, 0.15) is 24.2 Å². The summed E-state index contributed by atoms with van der Waals surface area (Å²) < 4.78 is 15.6. The number of aromatic nitrogens is 2. The maximum atomic E-state index is 13.9. The van der Waals surface area contributed by atoms with Gasteiger partial charge in [-0.25, -0.2) is 9.79 Å². The number of rotatable bonds is 5. The summed E-state index contributed by atoms with van der Waals surface area (Å²) >= 11 is 11.1. The van der Waals surface area contributed by atoms with Crippen molar-refractivity contribution in [1.29, 1.82) is 0 Å². The number of nitrogens with zero attached hydrogens (tertiary/aromatic N) is 3. The highest BCUT2D eigenvalue weighted by Gasteiger charge is 2.35. The van der Waals surface area contributed by atoms with Crippen LogP contribution in [0.25, 0.3) is 11.8 Å². The Labute approximate surface area is 229 Å². The van der Waals surface area contributed by atoms with E-state index in [1.165, 1.54) is 30.1 Å². The fourth-order valence-corrected chi connectivity index (χ4v) is 5.86. The molecule has 0 spiro atoms. The number of esters is 1. The van der Waals surface area contributed by atoms with Crippen molar-refractivity contribution >= 4 is 50.9 Å². The van der Waals surface area contributed by atoms with Crippen LogP contribution < -0.4 is 19.6 Å². The zero-order valence-corrected chi connectivity index (χ0v) is 23.2. The van der Waals surface area contributed by atoms with Crippen molar-refractivity contribution < 1.29 is 14.3 Å². The number of allylic oxidation sites excluding steroid dienone is 1. The number of carbonyl (C=O) groups is 1. The number of fused-ring (bicyclic) bond motifs is 1. The van der Waals surface area contributed by atoms with Gasteiger partial charge in [0.25, 0.3) is 5.56 Å². The Morgan fingerprint density at radius 2 is 1.92 bits per heavy atom. The largest absolute Gasteiger partial charge is 0.496 e. The molecule has 2 aromatic heterocycles. The number of halogens is 2. The zero-order valence-electron chi connectivity index (χ0n) is 20.1. The topological polar surface area (TPSA) is 74.8 Å². The molecule has 0 fully saturated rings. The first-order chi connectivity index (χ1) is 17.8. The second-order valence-electron chi connectivity index (χ2n) is 8.24. The second-order valence-corrected chi connectivity index (χ2v) is 10.6. The minimum atomic E-state index is -0.822. The first-order valence-corrected chi connectivity index (χ1v) is 13.2.